The van der Waals surface area contributed by atoms with Crippen molar-refractivity contribution < 1.29 is 9.53 Å². The second-order valence-electron chi connectivity index (χ2n) is 6.55. The minimum absolute atomic E-state index is 0.109. The van der Waals surface area contributed by atoms with Crippen LogP contribution in [-0.2, 0) is 4.74 Å². The maximum atomic E-state index is 12.4. The van der Waals surface area contributed by atoms with E-state index in [1.165, 1.54) is 0 Å². The van der Waals surface area contributed by atoms with E-state index in [0.717, 1.165) is 24.5 Å². The molecule has 0 aromatic carbocycles. The van der Waals surface area contributed by atoms with Crippen LogP contribution in [0.15, 0.2) is 42.9 Å². The van der Waals surface area contributed by atoms with Crippen LogP contribution in [0.5, 0.6) is 0 Å². The van der Waals surface area contributed by atoms with Gasteiger partial charge in [-0.3, -0.25) is 9.78 Å². The quantitative estimate of drug-likeness (QED) is 0.926. The van der Waals surface area contributed by atoms with E-state index in [-0.39, 0.29) is 24.2 Å². The van der Waals surface area contributed by atoms with E-state index in [9.17, 15) is 4.79 Å². The molecule has 3 rings (SSSR count). The Morgan fingerprint density at radius 2 is 2.00 bits per heavy atom. The summed E-state index contributed by atoms with van der Waals surface area (Å²) >= 11 is 0. The van der Waals surface area contributed by atoms with E-state index in [0.29, 0.717) is 5.56 Å². The lowest BCUT2D eigenvalue weighted by molar-refractivity contribution is -0.00546. The number of ether oxygens (including phenoxy) is 1. The third-order valence-electron chi connectivity index (χ3n) is 4.29. The normalized spacial score (nSPS) is 21.6. The molecule has 0 unspecified atom stereocenters. The molecule has 1 amide bonds. The summed E-state index contributed by atoms with van der Waals surface area (Å²) < 4.78 is 5.75. The van der Waals surface area contributed by atoms with Gasteiger partial charge >= 0.3 is 0 Å². The summed E-state index contributed by atoms with van der Waals surface area (Å²) in [6.45, 7) is 7.67. The zero-order valence-electron chi connectivity index (χ0n) is 14.8. The van der Waals surface area contributed by atoms with Crippen LogP contribution in [0.4, 0.5) is 5.82 Å². The van der Waals surface area contributed by atoms with Crippen LogP contribution in [0, 0.1) is 0 Å². The molecule has 3 heterocycles. The van der Waals surface area contributed by atoms with Gasteiger partial charge in [0.05, 0.1) is 23.8 Å². The van der Waals surface area contributed by atoms with E-state index in [1.807, 2.05) is 31.2 Å². The predicted octanol–water partition coefficient (Wildman–Crippen LogP) is 2.58. The van der Waals surface area contributed by atoms with Gasteiger partial charge in [-0.1, -0.05) is 6.07 Å². The lowest BCUT2D eigenvalue weighted by atomic mass is 10.1. The molecule has 0 radical (unpaired) electrons. The Morgan fingerprint density at radius 3 is 2.60 bits per heavy atom. The van der Waals surface area contributed by atoms with E-state index in [4.69, 9.17) is 4.74 Å². The molecular formula is C19H24N4O2. The highest BCUT2D eigenvalue weighted by Crippen LogP contribution is 2.19. The van der Waals surface area contributed by atoms with Crippen molar-refractivity contribution >= 4 is 11.7 Å². The molecule has 25 heavy (non-hydrogen) atoms. The first-order chi connectivity index (χ1) is 12.0. The smallest absolute Gasteiger partial charge is 0.253 e. The number of carbonyl (C=O) groups is 1. The van der Waals surface area contributed by atoms with Gasteiger partial charge in [0.25, 0.3) is 5.91 Å². The van der Waals surface area contributed by atoms with Gasteiger partial charge in [0.2, 0.25) is 0 Å². The number of hydrogen-bond acceptors (Lipinski definition) is 5. The summed E-state index contributed by atoms with van der Waals surface area (Å²) in [4.78, 5) is 23.2. The molecule has 6 nitrogen and oxygen atoms in total. The Balaban J connectivity index is 1.64. The standard InChI is InChI=1S/C19H24N4O2/c1-13-11-23(12-14(2)25-13)18-7-6-17(10-21-18)19(24)22-15(3)16-5-4-8-20-9-16/h4-10,13-15H,11-12H2,1-3H3,(H,22,24)/t13-,14-,15+/m1/s1. The number of hydrogen-bond donors (Lipinski definition) is 1. The summed E-state index contributed by atoms with van der Waals surface area (Å²) in [6.07, 6.45) is 5.45. The molecule has 2 aromatic heterocycles. The summed E-state index contributed by atoms with van der Waals surface area (Å²) in [6, 6.07) is 7.41. The summed E-state index contributed by atoms with van der Waals surface area (Å²) in [5.74, 6) is 0.734. The van der Waals surface area contributed by atoms with E-state index in [1.54, 1.807) is 18.6 Å². The lowest BCUT2D eigenvalue weighted by Gasteiger charge is -2.36. The molecule has 0 aliphatic carbocycles. The Morgan fingerprint density at radius 1 is 1.24 bits per heavy atom. The maximum Gasteiger partial charge on any atom is 0.253 e. The number of nitrogens with zero attached hydrogens (tertiary/aromatic N) is 3. The van der Waals surface area contributed by atoms with Crippen LogP contribution >= 0.6 is 0 Å². The average Bonchev–Trinajstić information content (AvgIpc) is 2.61. The lowest BCUT2D eigenvalue weighted by Crippen LogP contribution is -2.45. The highest BCUT2D eigenvalue weighted by Gasteiger charge is 2.23. The van der Waals surface area contributed by atoms with Crippen molar-refractivity contribution in [3.8, 4) is 0 Å². The molecule has 6 heteroatoms. The molecule has 1 fully saturated rings. The first kappa shape index (κ1) is 17.4. The molecule has 0 bridgehead atoms. The van der Waals surface area contributed by atoms with Gasteiger partial charge in [-0.25, -0.2) is 4.98 Å². The third-order valence-corrected chi connectivity index (χ3v) is 4.29. The van der Waals surface area contributed by atoms with Crippen LogP contribution in [0.3, 0.4) is 0 Å². The second-order valence-corrected chi connectivity index (χ2v) is 6.55. The molecule has 1 N–H and O–H groups in total. The zero-order chi connectivity index (χ0) is 17.8. The van der Waals surface area contributed by atoms with E-state index < -0.39 is 0 Å². The molecule has 1 aliphatic heterocycles. The number of nitrogens with one attached hydrogen (secondary N) is 1. The van der Waals surface area contributed by atoms with E-state index in [2.05, 4.69) is 34.0 Å². The molecule has 3 atom stereocenters. The first-order valence-corrected chi connectivity index (χ1v) is 8.60. The Bertz CT molecular complexity index is 695. The fourth-order valence-corrected chi connectivity index (χ4v) is 3.07. The number of anilines is 1. The van der Waals surface area contributed by atoms with Gasteiger partial charge in [-0.05, 0) is 44.5 Å². The Hall–Kier alpha value is -2.47. The molecule has 1 saturated heterocycles. The summed E-state index contributed by atoms with van der Waals surface area (Å²) in [5, 5.41) is 2.97. The van der Waals surface area contributed by atoms with Crippen LogP contribution < -0.4 is 10.2 Å². The number of morpholine rings is 1. The second kappa shape index (κ2) is 7.61. The van der Waals surface area contributed by atoms with Crippen molar-refractivity contribution in [2.45, 2.75) is 39.0 Å². The monoisotopic (exact) mass is 340 g/mol. The minimum Gasteiger partial charge on any atom is -0.372 e. The van der Waals surface area contributed by atoms with Gasteiger partial charge in [0.15, 0.2) is 0 Å². The van der Waals surface area contributed by atoms with E-state index >= 15 is 0 Å². The van der Waals surface area contributed by atoms with Crippen molar-refractivity contribution in [3.63, 3.8) is 0 Å². The van der Waals surface area contributed by atoms with Crippen molar-refractivity contribution in [2.75, 3.05) is 18.0 Å². The molecule has 0 spiro atoms. The number of pyridine rings is 2. The largest absolute Gasteiger partial charge is 0.372 e. The molecule has 2 aromatic rings. The first-order valence-electron chi connectivity index (χ1n) is 8.60. The molecule has 1 aliphatic rings. The predicted molar refractivity (Wildman–Crippen MR) is 96.6 cm³/mol. The van der Waals surface area contributed by atoms with Gasteiger partial charge < -0.3 is 15.0 Å². The van der Waals surface area contributed by atoms with Crippen molar-refractivity contribution in [1.82, 2.24) is 15.3 Å². The fraction of sp³-hybridized carbons (Fsp3) is 0.421. The van der Waals surface area contributed by atoms with Gasteiger partial charge in [-0.2, -0.15) is 0 Å². The van der Waals surface area contributed by atoms with Crippen LogP contribution in [-0.4, -0.2) is 41.2 Å². The average molecular weight is 340 g/mol. The fourth-order valence-electron chi connectivity index (χ4n) is 3.07. The maximum absolute atomic E-state index is 12.4. The third kappa shape index (κ3) is 4.33. The molecular weight excluding hydrogens is 316 g/mol. The van der Waals surface area contributed by atoms with Crippen LogP contribution in [0.1, 0.15) is 42.7 Å². The van der Waals surface area contributed by atoms with Crippen LogP contribution in [0.2, 0.25) is 0 Å². The zero-order valence-corrected chi connectivity index (χ0v) is 14.8. The topological polar surface area (TPSA) is 67.4 Å². The van der Waals surface area contributed by atoms with Crippen LogP contribution in [0.25, 0.3) is 0 Å². The Kier molecular flexibility index (Phi) is 5.28. The van der Waals surface area contributed by atoms with Gasteiger partial charge in [0.1, 0.15) is 5.82 Å². The number of amides is 1. The SMILES string of the molecule is C[C@@H]1CN(c2ccc(C(=O)N[C@@H](C)c3cccnc3)cn2)C[C@@H](C)O1. The van der Waals surface area contributed by atoms with Crippen molar-refractivity contribution in [2.24, 2.45) is 0 Å². The number of aromatic nitrogens is 2. The number of carbonyl (C=O) groups excluding carboxylic acids is 1. The summed E-state index contributed by atoms with van der Waals surface area (Å²) in [7, 11) is 0. The van der Waals surface area contributed by atoms with Gasteiger partial charge in [0, 0.05) is 31.7 Å². The highest BCUT2D eigenvalue weighted by atomic mass is 16.5. The molecule has 0 saturated carbocycles. The van der Waals surface area contributed by atoms with Crippen molar-refractivity contribution in [3.05, 3.63) is 54.0 Å². The highest BCUT2D eigenvalue weighted by molar-refractivity contribution is 5.94. The van der Waals surface area contributed by atoms with Gasteiger partial charge in [-0.15, -0.1) is 0 Å². The Labute approximate surface area is 148 Å². The van der Waals surface area contributed by atoms with Crippen molar-refractivity contribution in [1.29, 1.82) is 0 Å². The minimum atomic E-state index is -0.140. The summed E-state index contributed by atoms with van der Waals surface area (Å²) in [5.41, 5.74) is 1.52. The molecule has 132 valence electrons. The number of rotatable bonds is 4.